The maximum atomic E-state index is 5.06. The zero-order chi connectivity index (χ0) is 6.69. The van der Waals surface area contributed by atoms with Crippen molar-refractivity contribution in [3.8, 4) is 0 Å². The molecule has 0 atom stereocenters. The number of hydrogen-bond acceptors (Lipinski definition) is 3. The summed E-state index contributed by atoms with van der Waals surface area (Å²) in [7, 11) is 0. The van der Waals surface area contributed by atoms with Crippen LogP contribution in [-0.4, -0.2) is 10.7 Å². The Labute approximate surface area is 63.7 Å². The second-order valence-electron chi connectivity index (χ2n) is 1.48. The number of furan rings is 1. The Hall–Kier alpha value is -0.540. The molecule has 0 spiro atoms. The van der Waals surface area contributed by atoms with Gasteiger partial charge in [-0.1, -0.05) is 24.4 Å². The first kappa shape index (κ1) is 6.58. The molecule has 1 rings (SSSR count). The third-order valence-corrected chi connectivity index (χ3v) is 1.34. The maximum absolute atomic E-state index is 5.06. The summed E-state index contributed by atoms with van der Waals surface area (Å²) >= 11 is 9.23. The summed E-state index contributed by atoms with van der Waals surface area (Å²) in [6, 6.07) is 3.57. The fourth-order valence-electron chi connectivity index (χ4n) is 0.495. The Morgan fingerprint density at radius 1 is 1.11 bits per heavy atom. The third kappa shape index (κ3) is 1.43. The van der Waals surface area contributed by atoms with E-state index in [0.717, 1.165) is 0 Å². The van der Waals surface area contributed by atoms with Crippen molar-refractivity contribution in [3.05, 3.63) is 23.7 Å². The van der Waals surface area contributed by atoms with Crippen LogP contribution in [0.2, 0.25) is 0 Å². The molecule has 1 aromatic rings. The van der Waals surface area contributed by atoms with Gasteiger partial charge in [-0.05, 0) is 12.1 Å². The predicted octanol–water partition coefficient (Wildman–Crippen LogP) is 1.98. The van der Waals surface area contributed by atoms with Crippen molar-refractivity contribution in [2.24, 2.45) is 0 Å². The molecular weight excluding hydrogens is 152 g/mol. The monoisotopic (exact) mass is 156 g/mol. The summed E-state index contributed by atoms with van der Waals surface area (Å²) in [6.45, 7) is 0. The Morgan fingerprint density at radius 3 is 1.78 bits per heavy atom. The van der Waals surface area contributed by atoms with E-state index in [4.69, 9.17) is 4.42 Å². The second-order valence-corrected chi connectivity index (χ2v) is 1.95. The fraction of sp³-hybridized carbons (Fsp3) is 0. The third-order valence-electron chi connectivity index (χ3n) is 0.880. The maximum Gasteiger partial charge on any atom is 0.138 e. The first-order chi connectivity index (χ1) is 4.36. The molecule has 0 fully saturated rings. The fourth-order valence-corrected chi connectivity index (χ4v) is 0.748. The zero-order valence-corrected chi connectivity index (χ0v) is 6.17. The lowest BCUT2D eigenvalue weighted by Crippen LogP contribution is -1.68. The quantitative estimate of drug-likeness (QED) is 0.608. The highest BCUT2D eigenvalue weighted by Crippen LogP contribution is 2.02. The Balaban J connectivity index is 2.98. The summed E-state index contributed by atoms with van der Waals surface area (Å²) in [4.78, 5) is 0. The van der Waals surface area contributed by atoms with Gasteiger partial charge in [0.1, 0.15) is 11.5 Å². The average Bonchev–Trinajstić information content (AvgIpc) is 2.34. The van der Waals surface area contributed by atoms with Crippen LogP contribution >= 0.6 is 24.4 Å². The van der Waals surface area contributed by atoms with Gasteiger partial charge in [0.15, 0.2) is 0 Å². The summed E-state index contributed by atoms with van der Waals surface area (Å²) in [5.41, 5.74) is 0. The van der Waals surface area contributed by atoms with Gasteiger partial charge in [-0.3, -0.25) is 0 Å². The van der Waals surface area contributed by atoms with Crippen LogP contribution in [0.5, 0.6) is 0 Å². The van der Waals surface area contributed by atoms with Crippen LogP contribution in [-0.2, 0) is 0 Å². The molecule has 0 aromatic carbocycles. The molecule has 1 aromatic heterocycles. The van der Waals surface area contributed by atoms with Crippen LogP contribution in [0.1, 0.15) is 11.5 Å². The van der Waals surface area contributed by atoms with Crippen LogP contribution in [0.15, 0.2) is 16.5 Å². The second kappa shape index (κ2) is 2.85. The normalized spacial score (nSPS) is 8.89. The Morgan fingerprint density at radius 2 is 1.56 bits per heavy atom. The minimum atomic E-state index is 0.682. The topological polar surface area (TPSA) is 13.1 Å². The van der Waals surface area contributed by atoms with E-state index in [-0.39, 0.29) is 0 Å². The number of rotatable bonds is 2. The van der Waals surface area contributed by atoms with E-state index in [2.05, 4.69) is 24.4 Å². The van der Waals surface area contributed by atoms with E-state index in [1.165, 1.54) is 10.7 Å². The lowest BCUT2D eigenvalue weighted by Gasteiger charge is -1.78. The lowest BCUT2D eigenvalue weighted by atomic mass is 10.5. The molecular formula is C6H4OS2. The minimum Gasteiger partial charge on any atom is -0.456 e. The van der Waals surface area contributed by atoms with E-state index in [9.17, 15) is 0 Å². The molecule has 0 aliphatic rings. The van der Waals surface area contributed by atoms with Crippen molar-refractivity contribution in [2.45, 2.75) is 0 Å². The van der Waals surface area contributed by atoms with Crippen molar-refractivity contribution in [1.82, 2.24) is 0 Å². The molecule has 1 heterocycles. The Kier molecular flexibility index (Phi) is 2.08. The highest BCUT2D eigenvalue weighted by atomic mass is 32.1. The van der Waals surface area contributed by atoms with Crippen LogP contribution in [0, 0.1) is 0 Å². The van der Waals surface area contributed by atoms with Crippen LogP contribution < -0.4 is 0 Å². The predicted molar refractivity (Wildman–Crippen MR) is 44.2 cm³/mol. The molecule has 0 radical (unpaired) electrons. The molecule has 0 unspecified atom stereocenters. The zero-order valence-electron chi connectivity index (χ0n) is 4.53. The van der Waals surface area contributed by atoms with Gasteiger partial charge in [0.25, 0.3) is 0 Å². The van der Waals surface area contributed by atoms with Crippen LogP contribution in [0.4, 0.5) is 0 Å². The number of thiocarbonyl (C=S) groups is 2. The molecule has 9 heavy (non-hydrogen) atoms. The molecule has 0 bridgehead atoms. The smallest absolute Gasteiger partial charge is 0.138 e. The van der Waals surface area contributed by atoms with Crippen LogP contribution in [0.25, 0.3) is 0 Å². The van der Waals surface area contributed by atoms with E-state index in [1.54, 1.807) is 12.1 Å². The van der Waals surface area contributed by atoms with Gasteiger partial charge in [0.2, 0.25) is 0 Å². The van der Waals surface area contributed by atoms with Gasteiger partial charge in [0, 0.05) is 10.7 Å². The molecule has 0 saturated carbocycles. The standard InChI is InChI=1S/C6H4OS2/c8-3-5-1-2-6(4-9)7-5/h1-4H. The van der Waals surface area contributed by atoms with Crippen molar-refractivity contribution in [3.63, 3.8) is 0 Å². The summed E-state index contributed by atoms with van der Waals surface area (Å²) in [5, 5.41) is 2.95. The molecule has 1 nitrogen and oxygen atoms in total. The van der Waals surface area contributed by atoms with Crippen molar-refractivity contribution < 1.29 is 4.42 Å². The highest BCUT2D eigenvalue weighted by molar-refractivity contribution is 7.79. The van der Waals surface area contributed by atoms with E-state index >= 15 is 0 Å². The minimum absolute atomic E-state index is 0.682. The largest absolute Gasteiger partial charge is 0.456 e. The summed E-state index contributed by atoms with van der Waals surface area (Å²) in [5.74, 6) is 1.36. The molecule has 3 heteroatoms. The van der Waals surface area contributed by atoms with Gasteiger partial charge in [-0.25, -0.2) is 0 Å². The van der Waals surface area contributed by atoms with E-state index in [0.29, 0.717) is 11.5 Å². The lowest BCUT2D eigenvalue weighted by molar-refractivity contribution is 0.556. The van der Waals surface area contributed by atoms with Gasteiger partial charge in [0.05, 0.1) is 0 Å². The molecule has 0 N–H and O–H groups in total. The van der Waals surface area contributed by atoms with Crippen molar-refractivity contribution >= 4 is 35.2 Å². The SMILES string of the molecule is S=Cc1ccc(C=S)o1. The van der Waals surface area contributed by atoms with Gasteiger partial charge in [-0.2, -0.15) is 0 Å². The van der Waals surface area contributed by atoms with Gasteiger partial charge < -0.3 is 4.42 Å². The molecule has 0 aliphatic heterocycles. The first-order valence-corrected chi connectivity index (χ1v) is 3.31. The molecule has 0 saturated heterocycles. The van der Waals surface area contributed by atoms with E-state index in [1.807, 2.05) is 0 Å². The van der Waals surface area contributed by atoms with Gasteiger partial charge in [-0.15, -0.1) is 0 Å². The summed E-state index contributed by atoms with van der Waals surface area (Å²) < 4.78 is 5.06. The number of hydrogen-bond donors (Lipinski definition) is 0. The Bertz CT molecular complexity index is 204. The average molecular weight is 156 g/mol. The molecule has 0 aliphatic carbocycles. The van der Waals surface area contributed by atoms with Crippen molar-refractivity contribution in [2.75, 3.05) is 0 Å². The van der Waals surface area contributed by atoms with Crippen LogP contribution in [0.3, 0.4) is 0 Å². The first-order valence-electron chi connectivity index (χ1n) is 2.37. The molecule has 0 amide bonds. The van der Waals surface area contributed by atoms with E-state index < -0.39 is 0 Å². The van der Waals surface area contributed by atoms with Gasteiger partial charge >= 0.3 is 0 Å². The summed E-state index contributed by atoms with van der Waals surface area (Å²) in [6.07, 6.45) is 0. The highest BCUT2D eigenvalue weighted by Gasteiger charge is 1.92. The molecule has 46 valence electrons. The van der Waals surface area contributed by atoms with Crippen molar-refractivity contribution in [1.29, 1.82) is 0 Å².